The van der Waals surface area contributed by atoms with Gasteiger partial charge in [-0.1, -0.05) is 36.4 Å². The number of aromatic amines is 1. The van der Waals surface area contributed by atoms with Crippen molar-refractivity contribution in [2.75, 3.05) is 11.4 Å². The van der Waals surface area contributed by atoms with Crippen LogP contribution in [0.5, 0.6) is 0 Å². The molecule has 140 valence electrons. The first-order valence-corrected chi connectivity index (χ1v) is 9.35. The number of amides is 2. The Kier molecular flexibility index (Phi) is 4.99. The fraction of sp³-hybridized carbons (Fsp3) is 0.143. The van der Waals surface area contributed by atoms with E-state index in [2.05, 4.69) is 21.4 Å². The number of anilines is 1. The Morgan fingerprint density at radius 3 is 2.64 bits per heavy atom. The largest absolute Gasteiger partial charge is 0.361 e. The van der Waals surface area contributed by atoms with Crippen molar-refractivity contribution in [2.45, 2.75) is 6.42 Å². The van der Waals surface area contributed by atoms with Gasteiger partial charge in [-0.25, -0.2) is 0 Å². The Labute approximate surface area is 167 Å². The number of hydrogen-bond acceptors (Lipinski definition) is 4. The average molecular weight is 390 g/mol. The molecule has 2 heterocycles. The van der Waals surface area contributed by atoms with Gasteiger partial charge in [-0.3, -0.25) is 19.5 Å². The number of nitrogens with zero attached hydrogens (tertiary/aromatic N) is 2. The summed E-state index contributed by atoms with van der Waals surface area (Å²) in [7, 11) is 0. The molecule has 1 saturated heterocycles. The summed E-state index contributed by atoms with van der Waals surface area (Å²) in [5.41, 5.74) is 2.85. The maximum Gasteiger partial charge on any atom is 0.251 e. The molecule has 0 bridgehead atoms. The standard InChI is InChI=1S/C21H18N4O2S/c26-19-17(20(27)25(21(28)24-19)15-6-2-1-3-7-15)13-22-11-10-14-12-23-18-9-5-4-8-16(14)18/h1-9,12-13,17,23H,10-11H2,(H,24,26,28)/t17-/m1/s1. The number of carbonyl (C=O) groups is 2. The molecule has 2 N–H and O–H groups in total. The number of nitrogens with one attached hydrogen (secondary N) is 2. The van der Waals surface area contributed by atoms with Crippen LogP contribution in [0.25, 0.3) is 10.9 Å². The number of thiocarbonyl (C=S) groups is 1. The summed E-state index contributed by atoms with van der Waals surface area (Å²) >= 11 is 5.18. The third kappa shape index (κ3) is 3.44. The van der Waals surface area contributed by atoms with Crippen molar-refractivity contribution < 1.29 is 9.59 Å². The molecule has 1 fully saturated rings. The first kappa shape index (κ1) is 18.1. The third-order valence-electron chi connectivity index (χ3n) is 4.66. The van der Waals surface area contributed by atoms with Gasteiger partial charge < -0.3 is 10.3 Å². The quantitative estimate of drug-likeness (QED) is 0.400. The van der Waals surface area contributed by atoms with Crippen LogP contribution < -0.4 is 10.2 Å². The minimum absolute atomic E-state index is 0.0876. The lowest BCUT2D eigenvalue weighted by Gasteiger charge is -2.30. The maximum atomic E-state index is 12.8. The van der Waals surface area contributed by atoms with E-state index in [0.717, 1.165) is 16.5 Å². The number of benzene rings is 2. The molecule has 28 heavy (non-hydrogen) atoms. The van der Waals surface area contributed by atoms with E-state index >= 15 is 0 Å². The van der Waals surface area contributed by atoms with Crippen LogP contribution in [0.3, 0.4) is 0 Å². The summed E-state index contributed by atoms with van der Waals surface area (Å²) in [5, 5.41) is 3.83. The predicted octanol–water partition coefficient (Wildman–Crippen LogP) is 2.85. The van der Waals surface area contributed by atoms with Crippen molar-refractivity contribution in [3.63, 3.8) is 0 Å². The normalized spacial score (nSPS) is 17.5. The molecule has 7 heteroatoms. The van der Waals surface area contributed by atoms with Crippen LogP contribution in [-0.4, -0.2) is 34.7 Å². The lowest BCUT2D eigenvalue weighted by molar-refractivity contribution is -0.130. The van der Waals surface area contributed by atoms with Gasteiger partial charge in [0, 0.05) is 29.9 Å². The van der Waals surface area contributed by atoms with Gasteiger partial charge in [0.05, 0.1) is 5.69 Å². The van der Waals surface area contributed by atoms with Gasteiger partial charge in [0.1, 0.15) is 0 Å². The van der Waals surface area contributed by atoms with E-state index in [-0.39, 0.29) is 5.11 Å². The van der Waals surface area contributed by atoms with Gasteiger partial charge in [0.2, 0.25) is 5.91 Å². The number of aliphatic imine (C=N–C) groups is 1. The Hall–Kier alpha value is -3.32. The Balaban J connectivity index is 1.46. The highest BCUT2D eigenvalue weighted by Crippen LogP contribution is 2.20. The zero-order valence-corrected chi connectivity index (χ0v) is 15.8. The van der Waals surface area contributed by atoms with Gasteiger partial charge in [0.15, 0.2) is 11.0 Å². The summed E-state index contributed by atoms with van der Waals surface area (Å²) in [6.45, 7) is 0.481. The fourth-order valence-corrected chi connectivity index (χ4v) is 3.54. The van der Waals surface area contributed by atoms with E-state index in [1.807, 2.05) is 42.6 Å². The molecule has 0 unspecified atom stereocenters. The van der Waals surface area contributed by atoms with E-state index in [0.29, 0.717) is 18.7 Å². The molecule has 3 aromatic rings. The highest BCUT2D eigenvalue weighted by atomic mass is 32.1. The van der Waals surface area contributed by atoms with Gasteiger partial charge in [0.25, 0.3) is 5.91 Å². The first-order valence-electron chi connectivity index (χ1n) is 8.94. The van der Waals surface area contributed by atoms with Gasteiger partial charge in [-0.15, -0.1) is 0 Å². The first-order chi connectivity index (χ1) is 13.6. The molecule has 2 aromatic carbocycles. The van der Waals surface area contributed by atoms with Crippen molar-refractivity contribution in [3.05, 3.63) is 66.4 Å². The number of fused-ring (bicyclic) bond motifs is 1. The summed E-state index contributed by atoms with van der Waals surface area (Å²) in [4.78, 5) is 34.0. The summed E-state index contributed by atoms with van der Waals surface area (Å²) in [6.07, 6.45) is 4.10. The predicted molar refractivity (Wildman–Crippen MR) is 114 cm³/mol. The van der Waals surface area contributed by atoms with Crippen LogP contribution in [0.2, 0.25) is 0 Å². The van der Waals surface area contributed by atoms with Crippen LogP contribution in [0.4, 0.5) is 5.69 Å². The van der Waals surface area contributed by atoms with Gasteiger partial charge in [-0.2, -0.15) is 0 Å². The molecule has 4 rings (SSSR count). The van der Waals surface area contributed by atoms with Crippen molar-refractivity contribution in [1.29, 1.82) is 0 Å². The third-order valence-corrected chi connectivity index (χ3v) is 4.94. The molecule has 0 radical (unpaired) electrons. The molecule has 1 atom stereocenters. The van der Waals surface area contributed by atoms with Crippen LogP contribution >= 0.6 is 12.2 Å². The second-order valence-corrected chi connectivity index (χ2v) is 6.83. The molecule has 1 aliphatic heterocycles. The monoisotopic (exact) mass is 390 g/mol. The second kappa shape index (κ2) is 7.74. The number of hydrogen-bond donors (Lipinski definition) is 2. The lowest BCUT2D eigenvalue weighted by atomic mass is 10.1. The lowest BCUT2D eigenvalue weighted by Crippen LogP contribution is -2.58. The van der Waals surface area contributed by atoms with E-state index in [1.54, 1.807) is 12.1 Å². The number of H-pyrrole nitrogens is 1. The zero-order chi connectivity index (χ0) is 19.5. The molecular weight excluding hydrogens is 372 g/mol. The van der Waals surface area contributed by atoms with Crippen LogP contribution in [0.1, 0.15) is 5.56 Å². The van der Waals surface area contributed by atoms with E-state index < -0.39 is 17.7 Å². The van der Waals surface area contributed by atoms with Crippen molar-refractivity contribution in [3.8, 4) is 0 Å². The maximum absolute atomic E-state index is 12.8. The summed E-state index contributed by atoms with van der Waals surface area (Å²) in [6, 6.07) is 17.1. The second-order valence-electron chi connectivity index (χ2n) is 6.45. The Morgan fingerprint density at radius 1 is 1.07 bits per heavy atom. The van der Waals surface area contributed by atoms with Crippen molar-refractivity contribution in [2.24, 2.45) is 10.9 Å². The van der Waals surface area contributed by atoms with E-state index in [9.17, 15) is 9.59 Å². The van der Waals surface area contributed by atoms with Gasteiger partial charge in [-0.05, 0) is 42.4 Å². The zero-order valence-electron chi connectivity index (χ0n) is 15.0. The molecule has 6 nitrogen and oxygen atoms in total. The van der Waals surface area contributed by atoms with Crippen molar-refractivity contribution >= 4 is 51.9 Å². The number of aromatic nitrogens is 1. The minimum atomic E-state index is -0.991. The molecule has 1 aliphatic rings. The molecule has 1 aromatic heterocycles. The van der Waals surface area contributed by atoms with E-state index in [1.165, 1.54) is 11.1 Å². The number of rotatable bonds is 5. The van der Waals surface area contributed by atoms with E-state index in [4.69, 9.17) is 12.2 Å². The molecule has 0 saturated carbocycles. The topological polar surface area (TPSA) is 77.6 Å². The average Bonchev–Trinajstić information content (AvgIpc) is 3.11. The fourth-order valence-electron chi connectivity index (χ4n) is 3.25. The number of para-hydroxylation sites is 2. The highest BCUT2D eigenvalue weighted by molar-refractivity contribution is 7.80. The highest BCUT2D eigenvalue weighted by Gasteiger charge is 2.38. The summed E-state index contributed by atoms with van der Waals surface area (Å²) in [5.74, 6) is -1.83. The number of carbonyl (C=O) groups excluding carboxylic acids is 2. The Bertz CT molecular complexity index is 1070. The smallest absolute Gasteiger partial charge is 0.251 e. The molecular formula is C21H18N4O2S. The molecule has 0 spiro atoms. The van der Waals surface area contributed by atoms with Crippen molar-refractivity contribution in [1.82, 2.24) is 10.3 Å². The molecule has 0 aliphatic carbocycles. The summed E-state index contributed by atoms with van der Waals surface area (Å²) < 4.78 is 0. The molecule has 2 amide bonds. The van der Waals surface area contributed by atoms with Gasteiger partial charge >= 0.3 is 0 Å². The van der Waals surface area contributed by atoms with Crippen LogP contribution in [0, 0.1) is 5.92 Å². The van der Waals surface area contributed by atoms with Crippen LogP contribution in [-0.2, 0) is 16.0 Å². The minimum Gasteiger partial charge on any atom is -0.361 e. The SMILES string of the molecule is O=C1NC(=S)N(c2ccccc2)C(=O)[C@@H]1C=NCCc1c[nH]c2ccccc12. The Morgan fingerprint density at radius 2 is 1.82 bits per heavy atom. The van der Waals surface area contributed by atoms with Crippen LogP contribution in [0.15, 0.2) is 65.8 Å².